The van der Waals surface area contributed by atoms with E-state index in [9.17, 15) is 0 Å². The molecule has 5 aliphatic rings. The zero-order valence-corrected chi connectivity index (χ0v) is 31.9. The van der Waals surface area contributed by atoms with E-state index in [0.717, 1.165) is 23.0 Å². The van der Waals surface area contributed by atoms with Crippen molar-refractivity contribution in [2.45, 2.75) is 24.3 Å². The number of rotatable bonds is 2. The summed E-state index contributed by atoms with van der Waals surface area (Å²) in [6.07, 6.45) is 39.9. The molecule has 42 heavy (non-hydrogen) atoms. The van der Waals surface area contributed by atoms with Gasteiger partial charge in [0.2, 0.25) is 0 Å². The van der Waals surface area contributed by atoms with Gasteiger partial charge in [0.25, 0.3) is 0 Å². The van der Waals surface area contributed by atoms with Crippen molar-refractivity contribution in [1.29, 1.82) is 0 Å². The van der Waals surface area contributed by atoms with Gasteiger partial charge in [-0.25, -0.2) is 0 Å². The van der Waals surface area contributed by atoms with Gasteiger partial charge in [0, 0.05) is 82.0 Å². The summed E-state index contributed by atoms with van der Waals surface area (Å²) < 4.78 is -3.35. The normalized spacial score (nSPS) is 25.9. The summed E-state index contributed by atoms with van der Waals surface area (Å²) in [5, 5.41) is 2.74. The van der Waals surface area contributed by atoms with Crippen LogP contribution in [0.4, 0.5) is 0 Å². The minimum Gasteiger partial charge on any atom is -0.110 e. The van der Waals surface area contributed by atoms with Crippen LogP contribution in [0.3, 0.4) is 0 Å². The van der Waals surface area contributed by atoms with E-state index >= 15 is 0 Å². The second kappa shape index (κ2) is 21.6. The van der Waals surface area contributed by atoms with Gasteiger partial charge in [0.15, 0.2) is 0 Å². The van der Waals surface area contributed by atoms with Crippen LogP contribution in [0.25, 0.3) is 0 Å². The quantitative estimate of drug-likeness (QED) is 0.215. The van der Waals surface area contributed by atoms with Crippen molar-refractivity contribution in [1.82, 2.24) is 0 Å². The Kier molecular flexibility index (Phi) is 20.1. The maximum absolute atomic E-state index is 6.30. The van der Waals surface area contributed by atoms with Gasteiger partial charge in [-0.1, -0.05) is 133 Å². The fourth-order valence-corrected chi connectivity index (χ4v) is 22.4. The van der Waals surface area contributed by atoms with Crippen molar-refractivity contribution >= 4 is 78.0 Å². The summed E-state index contributed by atoms with van der Waals surface area (Å²) in [5.41, 5.74) is 2.84. The molecule has 1 heterocycles. The summed E-state index contributed by atoms with van der Waals surface area (Å²) in [4.78, 5) is 0. The van der Waals surface area contributed by atoms with Gasteiger partial charge in [0.05, 0.1) is 8.88 Å². The van der Waals surface area contributed by atoms with Crippen molar-refractivity contribution in [2.75, 3.05) is 11.5 Å². The van der Waals surface area contributed by atoms with Crippen molar-refractivity contribution < 1.29 is 34.1 Å². The molecule has 10 heteroatoms. The van der Waals surface area contributed by atoms with Crippen molar-refractivity contribution in [3.63, 3.8) is 0 Å². The van der Waals surface area contributed by atoms with E-state index in [1.807, 2.05) is 107 Å². The van der Waals surface area contributed by atoms with Crippen LogP contribution < -0.4 is 0 Å². The molecule has 0 saturated carbocycles. The fourth-order valence-electron chi connectivity index (χ4n) is 3.83. The molecule has 0 saturated heterocycles. The van der Waals surface area contributed by atoms with Gasteiger partial charge < -0.3 is 0 Å². The molecule has 0 unspecified atom stereocenters. The van der Waals surface area contributed by atoms with Crippen LogP contribution in [0.2, 0.25) is 0 Å². The standard InChI is InChI=1S/C22H24P2S6.2C5H5.2Fe/c25-23(21-11-3-4-12-21)27-15-7-8-16-28-24(26,22-13-5-6-14-22)30-18-20-10-2-1-9-19(20)17-29-23;2*1-2-4-5-3-1;;/h1-6,9-14H,7-8,15-18H2;2*1-5H;;/t23-,24-;;;;/m0..../s1. The number of allylic oxidation sites excluding steroid dienone is 16. The molecule has 0 spiro atoms. The van der Waals surface area contributed by atoms with E-state index in [0.29, 0.717) is 0 Å². The van der Waals surface area contributed by atoms with Crippen LogP contribution in [0.1, 0.15) is 24.0 Å². The Morgan fingerprint density at radius 2 is 0.905 bits per heavy atom. The van der Waals surface area contributed by atoms with E-state index in [1.54, 1.807) is 0 Å². The van der Waals surface area contributed by atoms with Crippen molar-refractivity contribution in [3.05, 3.63) is 157 Å². The van der Waals surface area contributed by atoms with E-state index in [1.165, 1.54) is 34.6 Å². The zero-order chi connectivity index (χ0) is 27.9. The maximum Gasteiger partial charge on any atom is 0.0850 e. The van der Waals surface area contributed by atoms with Gasteiger partial charge in [-0.2, -0.15) is 0 Å². The summed E-state index contributed by atoms with van der Waals surface area (Å²) in [6.45, 7) is 0. The van der Waals surface area contributed by atoms with Crippen LogP contribution in [0, 0.1) is 25.7 Å². The Hall–Kier alpha value is 0.879. The number of fused-ring (bicyclic) bond motifs is 1. The first kappa shape index (κ1) is 39.1. The Labute approximate surface area is 301 Å². The third-order valence-corrected chi connectivity index (χ3v) is 28.4. The largest absolute Gasteiger partial charge is 0.110 e. The van der Waals surface area contributed by atoms with Crippen molar-refractivity contribution in [2.24, 2.45) is 0 Å². The molecule has 1 aromatic rings. The Morgan fingerprint density at radius 3 is 1.21 bits per heavy atom. The number of benzene rings is 1. The minimum absolute atomic E-state index is 0. The summed E-state index contributed by atoms with van der Waals surface area (Å²) in [5.74, 6) is 4.26. The molecule has 0 N–H and O–H groups in total. The molecule has 4 aliphatic carbocycles. The average molecular weight is 785 g/mol. The van der Waals surface area contributed by atoms with Gasteiger partial charge in [-0.15, -0.1) is 45.5 Å². The maximum atomic E-state index is 6.30. The van der Waals surface area contributed by atoms with Crippen LogP contribution in [0.5, 0.6) is 0 Å². The molecule has 0 bridgehead atoms. The molecular weight excluding hydrogens is 750 g/mol. The van der Waals surface area contributed by atoms with Gasteiger partial charge in [-0.05, 0) is 35.5 Å². The van der Waals surface area contributed by atoms with E-state index < -0.39 is 8.88 Å². The van der Waals surface area contributed by atoms with E-state index in [-0.39, 0.29) is 34.1 Å². The van der Waals surface area contributed by atoms with Crippen molar-refractivity contribution in [3.8, 4) is 0 Å². The average Bonchev–Trinajstić information content (AvgIpc) is 3.82. The Balaban J connectivity index is 0.000000433. The first-order valence-corrected chi connectivity index (χ1v) is 25.2. The van der Waals surface area contributed by atoms with E-state index in [4.69, 9.17) is 23.6 Å². The van der Waals surface area contributed by atoms with Crippen LogP contribution >= 0.6 is 54.4 Å². The van der Waals surface area contributed by atoms with Crippen LogP contribution in [-0.2, 0) is 69.3 Å². The van der Waals surface area contributed by atoms with Crippen LogP contribution in [0.15, 0.2) is 120 Å². The molecule has 0 nitrogen and oxygen atoms in total. The Bertz CT molecular complexity index is 1220. The first-order chi connectivity index (χ1) is 19.6. The molecule has 1 aliphatic heterocycles. The molecule has 0 amide bonds. The van der Waals surface area contributed by atoms with E-state index in [2.05, 4.69) is 73.6 Å². The molecule has 224 valence electrons. The first-order valence-electron chi connectivity index (χ1n) is 13.2. The third-order valence-electron chi connectivity index (χ3n) is 5.99. The second-order valence-electron chi connectivity index (χ2n) is 8.89. The predicted octanol–water partition coefficient (Wildman–Crippen LogP) is 12.0. The molecule has 2 atom stereocenters. The monoisotopic (exact) mass is 784 g/mol. The topological polar surface area (TPSA) is 0 Å². The zero-order valence-electron chi connectivity index (χ0n) is 23.0. The molecular formula is C32H34Fe2P2S6. The van der Waals surface area contributed by atoms with Gasteiger partial charge in [-0.3, -0.25) is 0 Å². The summed E-state index contributed by atoms with van der Waals surface area (Å²) in [7, 11) is 0. The van der Waals surface area contributed by atoms with Crippen LogP contribution in [-0.4, -0.2) is 11.5 Å². The molecule has 1 aromatic carbocycles. The van der Waals surface area contributed by atoms with Gasteiger partial charge in [0.1, 0.15) is 0 Å². The molecule has 0 fully saturated rings. The minimum atomic E-state index is -1.68. The fraction of sp³-hybridized carbons (Fsp3) is 0.188. The predicted molar refractivity (Wildman–Crippen MR) is 200 cm³/mol. The third kappa shape index (κ3) is 12.9. The SMILES string of the molecule is S=[P@@]1(C2=C[CH]C=C2)SCCCCS[P@@](=S)(C2=C[CH]C=C2)SCc2ccccc2CS1.[CH]1C=CC=C1.[CH]1C=CC=C1.[Fe].[Fe]. The smallest absolute Gasteiger partial charge is 0.0850 e. The number of hydrogen-bond acceptors (Lipinski definition) is 6. The summed E-state index contributed by atoms with van der Waals surface area (Å²) in [6, 6.07) is 8.88. The Morgan fingerprint density at radius 1 is 0.500 bits per heavy atom. The summed E-state index contributed by atoms with van der Waals surface area (Å²) >= 11 is 20.7. The molecule has 0 aromatic heterocycles. The number of hydrogen-bond donors (Lipinski definition) is 0. The second-order valence-corrected chi connectivity index (χ2v) is 31.5. The molecule has 6 rings (SSSR count). The van der Waals surface area contributed by atoms with Gasteiger partial charge >= 0.3 is 0 Å². The molecule has 4 radical (unpaired) electrons.